The van der Waals surface area contributed by atoms with Crippen molar-refractivity contribution in [1.82, 2.24) is 9.88 Å². The van der Waals surface area contributed by atoms with E-state index >= 15 is 0 Å². The molecule has 1 aliphatic rings. The first kappa shape index (κ1) is 17.5. The molecule has 1 saturated heterocycles. The lowest BCUT2D eigenvalue weighted by Gasteiger charge is -2.23. The lowest BCUT2D eigenvalue weighted by molar-refractivity contribution is -0.119. The van der Waals surface area contributed by atoms with Crippen LogP contribution in [0.4, 0.5) is 5.69 Å². The zero-order valence-corrected chi connectivity index (χ0v) is 15.4. The Hall–Kier alpha value is -2.34. The predicted octanol–water partition coefficient (Wildman–Crippen LogP) is 3.16. The van der Waals surface area contributed by atoms with Gasteiger partial charge in [0.1, 0.15) is 6.04 Å². The number of amides is 2. The zero-order chi connectivity index (χ0) is 18.0. The summed E-state index contributed by atoms with van der Waals surface area (Å²) in [7, 11) is 0. The number of pyridine rings is 1. The van der Waals surface area contributed by atoms with Crippen LogP contribution >= 0.6 is 11.8 Å². The quantitative estimate of drug-likeness (QED) is 0.919. The standard InChI is InChI=1S/C19H21N3O2S/c1-12-4-7-16(8-13(12)2)21-18(23)17-10-25-11-22(17)19(24)15-6-5-14(3)20-9-15/h4-9,17H,10-11H2,1-3H3,(H,21,23)/t17-/m1/s1. The predicted molar refractivity (Wildman–Crippen MR) is 101 cm³/mol. The van der Waals surface area contributed by atoms with E-state index in [1.165, 1.54) is 5.56 Å². The van der Waals surface area contributed by atoms with Gasteiger partial charge in [-0.25, -0.2) is 0 Å². The molecule has 130 valence electrons. The Balaban J connectivity index is 1.74. The maximum atomic E-state index is 12.7. The molecule has 3 rings (SSSR count). The molecule has 5 nitrogen and oxygen atoms in total. The molecule has 0 unspecified atom stereocenters. The molecule has 1 atom stereocenters. The topological polar surface area (TPSA) is 62.3 Å². The number of carbonyl (C=O) groups is 2. The summed E-state index contributed by atoms with van der Waals surface area (Å²) in [5.74, 6) is 0.804. The van der Waals surface area contributed by atoms with E-state index in [0.717, 1.165) is 16.9 Å². The highest BCUT2D eigenvalue weighted by Gasteiger charge is 2.35. The molecule has 0 spiro atoms. The number of nitrogens with one attached hydrogen (secondary N) is 1. The van der Waals surface area contributed by atoms with Crippen molar-refractivity contribution in [1.29, 1.82) is 0 Å². The van der Waals surface area contributed by atoms with E-state index in [4.69, 9.17) is 0 Å². The molecule has 1 aromatic heterocycles. The van der Waals surface area contributed by atoms with Crippen molar-refractivity contribution in [2.24, 2.45) is 0 Å². The van der Waals surface area contributed by atoms with Gasteiger partial charge in [0.2, 0.25) is 5.91 Å². The Kier molecular flexibility index (Phi) is 5.08. The highest BCUT2D eigenvalue weighted by Crippen LogP contribution is 2.24. The van der Waals surface area contributed by atoms with Crippen LogP contribution in [0, 0.1) is 20.8 Å². The maximum absolute atomic E-state index is 12.7. The van der Waals surface area contributed by atoms with Crippen LogP contribution in [0.3, 0.4) is 0 Å². The number of hydrogen-bond acceptors (Lipinski definition) is 4. The third kappa shape index (κ3) is 3.85. The molecule has 6 heteroatoms. The van der Waals surface area contributed by atoms with E-state index in [2.05, 4.69) is 10.3 Å². The number of thioether (sulfide) groups is 1. The summed E-state index contributed by atoms with van der Waals surface area (Å²) in [6, 6.07) is 8.91. The molecule has 1 aromatic carbocycles. The number of nitrogens with zero attached hydrogens (tertiary/aromatic N) is 2. The van der Waals surface area contributed by atoms with Crippen molar-refractivity contribution in [3.63, 3.8) is 0 Å². The summed E-state index contributed by atoms with van der Waals surface area (Å²) in [5.41, 5.74) is 4.43. The first-order valence-corrected chi connectivity index (χ1v) is 9.30. The molecule has 1 N–H and O–H groups in total. The van der Waals surface area contributed by atoms with Crippen molar-refractivity contribution in [3.8, 4) is 0 Å². The van der Waals surface area contributed by atoms with Crippen LogP contribution in [0.2, 0.25) is 0 Å². The van der Waals surface area contributed by atoms with Crippen LogP contribution in [-0.4, -0.2) is 39.4 Å². The lowest BCUT2D eigenvalue weighted by Crippen LogP contribution is -2.44. The fourth-order valence-electron chi connectivity index (χ4n) is 2.66. The Morgan fingerprint density at radius 3 is 2.64 bits per heavy atom. The Morgan fingerprint density at radius 1 is 1.16 bits per heavy atom. The van der Waals surface area contributed by atoms with Gasteiger partial charge < -0.3 is 10.2 Å². The number of carbonyl (C=O) groups excluding carboxylic acids is 2. The molecule has 25 heavy (non-hydrogen) atoms. The second-order valence-electron chi connectivity index (χ2n) is 6.27. The van der Waals surface area contributed by atoms with Crippen molar-refractivity contribution in [3.05, 3.63) is 58.9 Å². The molecular formula is C19H21N3O2S. The Labute approximate surface area is 151 Å². The van der Waals surface area contributed by atoms with Gasteiger partial charge in [-0.05, 0) is 56.2 Å². The number of aromatic nitrogens is 1. The van der Waals surface area contributed by atoms with Gasteiger partial charge >= 0.3 is 0 Å². The van der Waals surface area contributed by atoms with Crippen LogP contribution < -0.4 is 5.32 Å². The molecule has 0 radical (unpaired) electrons. The number of benzene rings is 1. The van der Waals surface area contributed by atoms with Gasteiger partial charge in [-0.15, -0.1) is 11.8 Å². The fourth-order valence-corrected chi connectivity index (χ4v) is 3.82. The monoisotopic (exact) mass is 355 g/mol. The van der Waals surface area contributed by atoms with Crippen LogP contribution in [0.25, 0.3) is 0 Å². The minimum absolute atomic E-state index is 0.151. The highest BCUT2D eigenvalue weighted by atomic mass is 32.2. The van der Waals surface area contributed by atoms with Crippen molar-refractivity contribution in [2.75, 3.05) is 16.9 Å². The molecule has 2 aromatic rings. The summed E-state index contributed by atoms with van der Waals surface area (Å²) in [6.07, 6.45) is 1.57. The van der Waals surface area contributed by atoms with Crippen LogP contribution in [0.15, 0.2) is 36.5 Å². The second-order valence-corrected chi connectivity index (χ2v) is 7.27. The molecule has 0 saturated carbocycles. The Bertz CT molecular complexity index is 805. The van der Waals surface area contributed by atoms with E-state index < -0.39 is 6.04 Å². The molecule has 1 fully saturated rings. The maximum Gasteiger partial charge on any atom is 0.256 e. The normalized spacial score (nSPS) is 16.8. The summed E-state index contributed by atoms with van der Waals surface area (Å²) >= 11 is 1.58. The number of aryl methyl sites for hydroxylation is 3. The van der Waals surface area contributed by atoms with Crippen molar-refractivity contribution < 1.29 is 9.59 Å². The molecule has 2 amide bonds. The van der Waals surface area contributed by atoms with Gasteiger partial charge in [0.05, 0.1) is 11.4 Å². The van der Waals surface area contributed by atoms with E-state index in [1.54, 1.807) is 35.0 Å². The number of rotatable bonds is 3. The van der Waals surface area contributed by atoms with E-state index in [0.29, 0.717) is 17.2 Å². The third-order valence-electron chi connectivity index (χ3n) is 4.38. The van der Waals surface area contributed by atoms with Crippen molar-refractivity contribution in [2.45, 2.75) is 26.8 Å². The van der Waals surface area contributed by atoms with Crippen LogP contribution in [0.5, 0.6) is 0 Å². The number of anilines is 1. The fraction of sp³-hybridized carbons (Fsp3) is 0.316. The summed E-state index contributed by atoms with van der Waals surface area (Å²) in [6.45, 7) is 5.92. The van der Waals surface area contributed by atoms with E-state index in [-0.39, 0.29) is 11.8 Å². The Morgan fingerprint density at radius 2 is 1.96 bits per heavy atom. The minimum atomic E-state index is -0.472. The van der Waals surface area contributed by atoms with Crippen LogP contribution in [-0.2, 0) is 4.79 Å². The highest BCUT2D eigenvalue weighted by molar-refractivity contribution is 7.99. The largest absolute Gasteiger partial charge is 0.324 e. The third-order valence-corrected chi connectivity index (χ3v) is 5.39. The minimum Gasteiger partial charge on any atom is -0.324 e. The molecule has 0 aliphatic carbocycles. The summed E-state index contributed by atoms with van der Waals surface area (Å²) < 4.78 is 0. The van der Waals surface area contributed by atoms with E-state index in [9.17, 15) is 9.59 Å². The zero-order valence-electron chi connectivity index (χ0n) is 14.6. The smallest absolute Gasteiger partial charge is 0.256 e. The molecule has 2 heterocycles. The molecule has 1 aliphatic heterocycles. The van der Waals surface area contributed by atoms with Gasteiger partial charge in [-0.3, -0.25) is 14.6 Å². The summed E-state index contributed by atoms with van der Waals surface area (Å²) in [4.78, 5) is 31.2. The van der Waals surface area contributed by atoms with E-state index in [1.807, 2.05) is 39.0 Å². The lowest BCUT2D eigenvalue weighted by atomic mass is 10.1. The number of hydrogen-bond donors (Lipinski definition) is 1. The van der Waals surface area contributed by atoms with Gasteiger partial charge in [0.25, 0.3) is 5.91 Å². The average molecular weight is 355 g/mol. The van der Waals surface area contributed by atoms with Crippen molar-refractivity contribution >= 4 is 29.3 Å². The van der Waals surface area contributed by atoms with Gasteiger partial charge in [-0.2, -0.15) is 0 Å². The first-order valence-electron chi connectivity index (χ1n) is 8.15. The molecular weight excluding hydrogens is 334 g/mol. The SMILES string of the molecule is Cc1ccc(C(=O)N2CSC[C@@H]2C(=O)Nc2ccc(C)c(C)c2)cn1. The van der Waals surface area contributed by atoms with Gasteiger partial charge in [0.15, 0.2) is 0 Å². The summed E-state index contributed by atoms with van der Waals surface area (Å²) in [5, 5.41) is 2.94. The first-order chi connectivity index (χ1) is 12.0. The van der Waals surface area contributed by atoms with Gasteiger partial charge in [-0.1, -0.05) is 6.07 Å². The average Bonchev–Trinajstić information content (AvgIpc) is 3.08. The van der Waals surface area contributed by atoms with Gasteiger partial charge in [0, 0.05) is 23.3 Å². The van der Waals surface area contributed by atoms with Crippen LogP contribution in [0.1, 0.15) is 27.2 Å². The second kappa shape index (κ2) is 7.27. The molecule has 0 bridgehead atoms.